The third kappa shape index (κ3) is 2.62. The normalized spacial score (nSPS) is 24.1. The maximum absolute atomic E-state index is 12.6. The molecule has 1 heterocycles. The molecule has 3 rings (SSSR count). The number of carbonyl (C=O) groups is 2. The lowest BCUT2D eigenvalue weighted by molar-refractivity contribution is -0.143. The highest BCUT2D eigenvalue weighted by molar-refractivity contribution is 6.08. The summed E-state index contributed by atoms with van der Waals surface area (Å²) >= 11 is 0. The number of allylic oxidation sites excluding steroid dienone is 2. The molecule has 0 saturated heterocycles. The molecule has 120 valence electrons. The number of esters is 1. The molecule has 2 aliphatic rings. The molecule has 0 saturated carbocycles. The molecular weight excluding hydrogens is 290 g/mol. The Hall–Kier alpha value is -2.23. The fraction of sp³-hybridized carbons (Fsp3) is 0.421. The van der Waals surface area contributed by atoms with Crippen LogP contribution in [0.5, 0.6) is 0 Å². The van der Waals surface area contributed by atoms with Crippen LogP contribution in [-0.4, -0.2) is 24.6 Å². The summed E-state index contributed by atoms with van der Waals surface area (Å²) in [5.41, 5.74) is 4.39. The molecule has 0 spiro atoms. The van der Waals surface area contributed by atoms with Gasteiger partial charge in [-0.15, -0.1) is 0 Å². The fourth-order valence-corrected chi connectivity index (χ4v) is 3.71. The lowest BCUT2D eigenvalue weighted by Gasteiger charge is -2.34. The summed E-state index contributed by atoms with van der Waals surface area (Å²) in [5.74, 6) is -1.03. The van der Waals surface area contributed by atoms with Gasteiger partial charge in [0.1, 0.15) is 5.92 Å². The number of aliphatic imine (C=N–C) groups is 1. The highest BCUT2D eigenvalue weighted by Gasteiger charge is 2.43. The Kier molecular flexibility index (Phi) is 4.16. The summed E-state index contributed by atoms with van der Waals surface area (Å²) < 4.78 is 5.01. The number of hydrogen-bond acceptors (Lipinski definition) is 4. The molecule has 2 atom stereocenters. The minimum Gasteiger partial charge on any atom is -0.468 e. The van der Waals surface area contributed by atoms with Crippen molar-refractivity contribution < 1.29 is 14.3 Å². The summed E-state index contributed by atoms with van der Waals surface area (Å²) in [6.07, 6.45) is 2.16. The second-order valence-electron chi connectivity index (χ2n) is 6.23. The molecule has 0 bridgehead atoms. The minimum atomic E-state index is -0.526. The molecule has 4 nitrogen and oxygen atoms in total. The van der Waals surface area contributed by atoms with E-state index in [0.717, 1.165) is 35.4 Å². The molecule has 4 heteroatoms. The van der Waals surface area contributed by atoms with Gasteiger partial charge in [-0.05, 0) is 37.8 Å². The van der Waals surface area contributed by atoms with Gasteiger partial charge in [0.2, 0.25) is 0 Å². The number of Topliss-reactive ketones (excluding diaryl/α,β-unsaturated/α-hetero) is 1. The van der Waals surface area contributed by atoms with Crippen LogP contribution in [0.1, 0.15) is 43.2 Å². The monoisotopic (exact) mass is 311 g/mol. The Balaban J connectivity index is 2.22. The zero-order chi connectivity index (χ0) is 16.6. The van der Waals surface area contributed by atoms with Crippen LogP contribution < -0.4 is 0 Å². The Morgan fingerprint density at radius 3 is 2.65 bits per heavy atom. The summed E-state index contributed by atoms with van der Waals surface area (Å²) in [6.45, 7) is 3.87. The van der Waals surface area contributed by atoms with Crippen molar-refractivity contribution in [1.82, 2.24) is 0 Å². The van der Waals surface area contributed by atoms with E-state index >= 15 is 0 Å². The Morgan fingerprint density at radius 1 is 1.22 bits per heavy atom. The first kappa shape index (κ1) is 15.7. The van der Waals surface area contributed by atoms with Gasteiger partial charge in [0.25, 0.3) is 0 Å². The minimum absolute atomic E-state index is 0.115. The molecule has 23 heavy (non-hydrogen) atoms. The third-order valence-corrected chi connectivity index (χ3v) is 4.81. The van der Waals surface area contributed by atoms with Crippen LogP contribution in [-0.2, 0) is 14.3 Å². The zero-order valence-corrected chi connectivity index (χ0v) is 13.8. The molecule has 0 unspecified atom stereocenters. The van der Waals surface area contributed by atoms with Gasteiger partial charge in [-0.1, -0.05) is 24.3 Å². The Bertz CT molecular complexity index is 730. The quantitative estimate of drug-likeness (QED) is 0.787. The summed E-state index contributed by atoms with van der Waals surface area (Å²) in [7, 11) is 1.39. The van der Waals surface area contributed by atoms with Crippen molar-refractivity contribution in [2.75, 3.05) is 7.11 Å². The van der Waals surface area contributed by atoms with E-state index < -0.39 is 5.92 Å². The highest BCUT2D eigenvalue weighted by atomic mass is 16.5. The van der Waals surface area contributed by atoms with E-state index in [0.29, 0.717) is 12.0 Å². The van der Waals surface area contributed by atoms with Crippen LogP contribution in [0.3, 0.4) is 0 Å². The third-order valence-electron chi connectivity index (χ3n) is 4.81. The lowest BCUT2D eigenvalue weighted by Crippen LogP contribution is -2.37. The fourth-order valence-electron chi connectivity index (χ4n) is 3.71. The van der Waals surface area contributed by atoms with Gasteiger partial charge in [-0.3, -0.25) is 14.6 Å². The number of carbonyl (C=O) groups excluding carboxylic acids is 2. The average Bonchev–Trinajstić information content (AvgIpc) is 2.54. The molecule has 1 aliphatic carbocycles. The Morgan fingerprint density at radius 2 is 1.96 bits per heavy atom. The van der Waals surface area contributed by atoms with Gasteiger partial charge in [-0.2, -0.15) is 0 Å². The number of ketones is 1. The van der Waals surface area contributed by atoms with E-state index in [1.807, 2.05) is 38.1 Å². The standard InChI is InChI=1S/C19H21NO3/c1-11-7-4-5-8-13(11)17-16(19(22)23-3)12(2)20-14-9-6-10-15(21)18(14)17/h4-5,7-8,16-17H,6,9-10H2,1-3H3/t16-,17+/m1/s1. The molecule has 1 aromatic rings. The van der Waals surface area contributed by atoms with Crippen molar-refractivity contribution in [1.29, 1.82) is 0 Å². The van der Waals surface area contributed by atoms with E-state index in [4.69, 9.17) is 4.74 Å². The maximum Gasteiger partial charge on any atom is 0.315 e. The van der Waals surface area contributed by atoms with Gasteiger partial charge in [0.05, 0.1) is 7.11 Å². The predicted molar refractivity (Wildman–Crippen MR) is 88.4 cm³/mol. The van der Waals surface area contributed by atoms with E-state index in [-0.39, 0.29) is 17.7 Å². The Labute approximate surface area is 136 Å². The van der Waals surface area contributed by atoms with Crippen molar-refractivity contribution in [2.24, 2.45) is 10.9 Å². The van der Waals surface area contributed by atoms with Crippen molar-refractivity contribution in [3.63, 3.8) is 0 Å². The molecule has 0 fully saturated rings. The zero-order valence-electron chi connectivity index (χ0n) is 13.8. The molecule has 1 aromatic carbocycles. The topological polar surface area (TPSA) is 55.7 Å². The van der Waals surface area contributed by atoms with E-state index in [1.54, 1.807) is 0 Å². The highest BCUT2D eigenvalue weighted by Crippen LogP contribution is 2.44. The summed E-state index contributed by atoms with van der Waals surface area (Å²) in [4.78, 5) is 29.6. The van der Waals surface area contributed by atoms with Gasteiger partial charge in [0, 0.05) is 29.3 Å². The number of hydrogen-bond donors (Lipinski definition) is 0. The molecule has 0 N–H and O–H groups in total. The second-order valence-corrected chi connectivity index (χ2v) is 6.23. The number of rotatable bonds is 2. The van der Waals surface area contributed by atoms with Crippen LogP contribution in [0.15, 0.2) is 40.5 Å². The summed E-state index contributed by atoms with van der Waals surface area (Å²) in [6, 6.07) is 7.93. The molecule has 0 aromatic heterocycles. The molecule has 0 radical (unpaired) electrons. The predicted octanol–water partition coefficient (Wildman–Crippen LogP) is 3.35. The van der Waals surface area contributed by atoms with Crippen molar-refractivity contribution in [2.45, 2.75) is 39.0 Å². The van der Waals surface area contributed by atoms with Crippen LogP contribution in [0.4, 0.5) is 0 Å². The second kappa shape index (κ2) is 6.11. The van der Waals surface area contributed by atoms with Gasteiger partial charge in [-0.25, -0.2) is 0 Å². The molecular formula is C19H21NO3. The van der Waals surface area contributed by atoms with Crippen LogP contribution >= 0.6 is 0 Å². The smallest absolute Gasteiger partial charge is 0.315 e. The number of aryl methyl sites for hydroxylation is 1. The van der Waals surface area contributed by atoms with E-state index in [1.165, 1.54) is 7.11 Å². The SMILES string of the molecule is COC(=O)[C@@H]1C(C)=NC2=C(C(=O)CCC2)[C@H]1c1ccccc1C. The van der Waals surface area contributed by atoms with Gasteiger partial charge in [0.15, 0.2) is 5.78 Å². The largest absolute Gasteiger partial charge is 0.468 e. The first-order chi connectivity index (χ1) is 11.0. The maximum atomic E-state index is 12.6. The van der Waals surface area contributed by atoms with Crippen LogP contribution in [0, 0.1) is 12.8 Å². The van der Waals surface area contributed by atoms with Crippen LogP contribution in [0.25, 0.3) is 0 Å². The van der Waals surface area contributed by atoms with E-state index in [9.17, 15) is 9.59 Å². The lowest BCUT2D eigenvalue weighted by atomic mass is 9.71. The first-order valence-electron chi connectivity index (χ1n) is 7.99. The molecule has 1 aliphatic heterocycles. The number of nitrogens with zero attached hydrogens (tertiary/aromatic N) is 1. The van der Waals surface area contributed by atoms with E-state index in [2.05, 4.69) is 4.99 Å². The first-order valence-corrected chi connectivity index (χ1v) is 7.99. The van der Waals surface area contributed by atoms with Gasteiger partial charge >= 0.3 is 5.97 Å². The van der Waals surface area contributed by atoms with Crippen molar-refractivity contribution in [3.8, 4) is 0 Å². The summed E-state index contributed by atoms with van der Waals surface area (Å²) in [5, 5.41) is 0. The molecule has 0 amide bonds. The van der Waals surface area contributed by atoms with Gasteiger partial charge < -0.3 is 4.74 Å². The van der Waals surface area contributed by atoms with Crippen molar-refractivity contribution in [3.05, 3.63) is 46.7 Å². The van der Waals surface area contributed by atoms with Crippen LogP contribution in [0.2, 0.25) is 0 Å². The number of benzene rings is 1. The number of ether oxygens (including phenoxy) is 1. The number of methoxy groups -OCH3 is 1. The average molecular weight is 311 g/mol. The van der Waals surface area contributed by atoms with Crippen molar-refractivity contribution >= 4 is 17.5 Å².